The third-order valence-electron chi connectivity index (χ3n) is 3.53. The van der Waals surface area contributed by atoms with E-state index in [1.54, 1.807) is 6.92 Å². The van der Waals surface area contributed by atoms with E-state index in [0.29, 0.717) is 0 Å². The number of ether oxygens (including phenoxy) is 1. The zero-order valence-electron chi connectivity index (χ0n) is 12.8. The maximum atomic E-state index is 11.6. The zero-order chi connectivity index (χ0) is 15.4. The van der Waals surface area contributed by atoms with Crippen molar-refractivity contribution in [3.63, 3.8) is 0 Å². The van der Waals surface area contributed by atoms with Gasteiger partial charge in [-0.15, -0.1) is 0 Å². The highest BCUT2D eigenvalue weighted by molar-refractivity contribution is 5.73. The Labute approximate surface area is 125 Å². The second kappa shape index (κ2) is 6.55. The maximum Gasteiger partial charge on any atom is 0.365 e. The molecular formula is C18H22NO2+. The summed E-state index contributed by atoms with van der Waals surface area (Å²) in [6.07, 6.45) is -0.257. The molecule has 3 heteroatoms. The Hall–Kier alpha value is -2.13. The van der Waals surface area contributed by atoms with Gasteiger partial charge in [-0.05, 0) is 43.0 Å². The fraction of sp³-hybridized carbons (Fsp3) is 0.278. The van der Waals surface area contributed by atoms with Crippen LogP contribution in [0.4, 0.5) is 0 Å². The Morgan fingerprint density at radius 2 is 1.67 bits per heavy atom. The Morgan fingerprint density at radius 1 is 1.05 bits per heavy atom. The average molecular weight is 284 g/mol. The predicted octanol–water partition coefficient (Wildman–Crippen LogP) is 2.90. The molecule has 0 fully saturated rings. The van der Waals surface area contributed by atoms with Crippen molar-refractivity contribution in [1.82, 2.24) is 0 Å². The fourth-order valence-electron chi connectivity index (χ4n) is 2.19. The zero-order valence-corrected chi connectivity index (χ0v) is 12.8. The lowest BCUT2D eigenvalue weighted by Gasteiger charge is -2.15. The first-order valence-corrected chi connectivity index (χ1v) is 7.18. The van der Waals surface area contributed by atoms with E-state index in [9.17, 15) is 4.79 Å². The van der Waals surface area contributed by atoms with Crippen molar-refractivity contribution in [1.29, 1.82) is 0 Å². The lowest BCUT2D eigenvalue weighted by atomic mass is 9.99. The van der Waals surface area contributed by atoms with Crippen LogP contribution in [0.3, 0.4) is 0 Å². The van der Waals surface area contributed by atoms with Gasteiger partial charge in [0.2, 0.25) is 0 Å². The summed E-state index contributed by atoms with van der Waals surface area (Å²) in [5.74, 6) is -0.273. The summed E-state index contributed by atoms with van der Waals surface area (Å²) in [7, 11) is 0. The van der Waals surface area contributed by atoms with Crippen LogP contribution in [0.25, 0.3) is 11.1 Å². The van der Waals surface area contributed by atoms with Gasteiger partial charge in [-0.25, -0.2) is 4.79 Å². The van der Waals surface area contributed by atoms with E-state index in [1.165, 1.54) is 16.7 Å². The lowest BCUT2D eigenvalue weighted by molar-refractivity contribution is -0.403. The summed E-state index contributed by atoms with van der Waals surface area (Å²) in [6.45, 7) is 5.71. The number of esters is 1. The van der Waals surface area contributed by atoms with Crippen molar-refractivity contribution in [2.45, 2.75) is 32.9 Å². The van der Waals surface area contributed by atoms with E-state index in [-0.39, 0.29) is 18.1 Å². The molecule has 0 saturated heterocycles. The number of aryl methyl sites for hydroxylation is 1. The SMILES string of the molecule is Cc1ccccc1-c1ccc([C@H](C)OC(=O)[C@H](C)[NH3+])cc1. The molecule has 0 aliphatic carbocycles. The molecule has 0 aliphatic rings. The normalized spacial score (nSPS) is 13.5. The van der Waals surface area contributed by atoms with E-state index in [1.807, 2.05) is 31.2 Å². The minimum atomic E-state index is -0.348. The summed E-state index contributed by atoms with van der Waals surface area (Å²) in [4.78, 5) is 11.6. The number of quaternary nitrogens is 1. The van der Waals surface area contributed by atoms with Gasteiger partial charge in [0.25, 0.3) is 0 Å². The maximum absolute atomic E-state index is 11.6. The van der Waals surface area contributed by atoms with E-state index >= 15 is 0 Å². The van der Waals surface area contributed by atoms with Gasteiger partial charge in [-0.2, -0.15) is 0 Å². The topological polar surface area (TPSA) is 53.9 Å². The van der Waals surface area contributed by atoms with Crippen molar-refractivity contribution in [2.75, 3.05) is 0 Å². The number of hydrogen-bond acceptors (Lipinski definition) is 2. The van der Waals surface area contributed by atoms with Crippen LogP contribution in [-0.4, -0.2) is 12.0 Å². The molecule has 110 valence electrons. The van der Waals surface area contributed by atoms with Crippen LogP contribution in [0.2, 0.25) is 0 Å². The largest absolute Gasteiger partial charge is 0.453 e. The van der Waals surface area contributed by atoms with E-state index < -0.39 is 0 Å². The molecule has 0 unspecified atom stereocenters. The molecule has 0 spiro atoms. The van der Waals surface area contributed by atoms with E-state index in [4.69, 9.17) is 4.74 Å². The Morgan fingerprint density at radius 3 is 2.24 bits per heavy atom. The van der Waals surface area contributed by atoms with Crippen LogP contribution in [0, 0.1) is 6.92 Å². The van der Waals surface area contributed by atoms with Crippen LogP contribution in [-0.2, 0) is 9.53 Å². The van der Waals surface area contributed by atoms with Crippen LogP contribution in [0.5, 0.6) is 0 Å². The van der Waals surface area contributed by atoms with E-state index in [0.717, 1.165) is 5.56 Å². The van der Waals surface area contributed by atoms with Gasteiger partial charge in [0.15, 0.2) is 6.04 Å². The molecule has 3 N–H and O–H groups in total. The third kappa shape index (κ3) is 3.70. The second-order valence-corrected chi connectivity index (χ2v) is 5.42. The summed E-state index contributed by atoms with van der Waals surface area (Å²) < 4.78 is 5.37. The molecule has 2 rings (SSSR count). The minimum absolute atomic E-state index is 0.257. The summed E-state index contributed by atoms with van der Waals surface area (Å²) in [5.41, 5.74) is 8.30. The first-order valence-electron chi connectivity index (χ1n) is 7.18. The summed E-state index contributed by atoms with van der Waals surface area (Å²) in [6, 6.07) is 16.1. The molecule has 0 saturated carbocycles. The first-order chi connectivity index (χ1) is 9.99. The molecule has 3 nitrogen and oxygen atoms in total. The van der Waals surface area contributed by atoms with Gasteiger partial charge in [-0.1, -0.05) is 48.5 Å². The number of benzene rings is 2. The number of carbonyl (C=O) groups excluding carboxylic acids is 1. The van der Waals surface area contributed by atoms with Crippen molar-refractivity contribution >= 4 is 5.97 Å². The molecule has 2 aromatic carbocycles. The Kier molecular flexibility index (Phi) is 4.76. The highest BCUT2D eigenvalue weighted by atomic mass is 16.5. The monoisotopic (exact) mass is 284 g/mol. The molecule has 2 atom stereocenters. The second-order valence-electron chi connectivity index (χ2n) is 5.42. The first kappa shape index (κ1) is 15.3. The van der Waals surface area contributed by atoms with Gasteiger partial charge in [0.05, 0.1) is 0 Å². The molecule has 0 amide bonds. The summed E-state index contributed by atoms with van der Waals surface area (Å²) in [5, 5.41) is 0. The van der Waals surface area contributed by atoms with Crippen LogP contribution in [0.1, 0.15) is 31.1 Å². The van der Waals surface area contributed by atoms with Gasteiger partial charge in [0.1, 0.15) is 6.10 Å². The van der Waals surface area contributed by atoms with Crippen molar-refractivity contribution in [3.05, 3.63) is 59.7 Å². The summed E-state index contributed by atoms with van der Waals surface area (Å²) >= 11 is 0. The van der Waals surface area contributed by atoms with Crippen molar-refractivity contribution in [2.24, 2.45) is 0 Å². The predicted molar refractivity (Wildman–Crippen MR) is 83.5 cm³/mol. The fourth-order valence-corrected chi connectivity index (χ4v) is 2.19. The van der Waals surface area contributed by atoms with Crippen molar-refractivity contribution < 1.29 is 15.3 Å². The van der Waals surface area contributed by atoms with Crippen LogP contribution >= 0.6 is 0 Å². The highest BCUT2D eigenvalue weighted by Crippen LogP contribution is 2.25. The standard InChI is InChI=1S/C18H21NO2/c1-12-6-4-5-7-17(12)16-10-8-15(9-11-16)14(3)21-18(20)13(2)19/h4-11,13-14H,19H2,1-3H3/p+1/t13-,14-/m0/s1. The average Bonchev–Trinajstić information content (AvgIpc) is 2.47. The molecule has 0 bridgehead atoms. The van der Waals surface area contributed by atoms with Crippen LogP contribution in [0.15, 0.2) is 48.5 Å². The van der Waals surface area contributed by atoms with E-state index in [2.05, 4.69) is 36.9 Å². The highest BCUT2D eigenvalue weighted by Gasteiger charge is 2.17. The molecule has 2 aromatic rings. The van der Waals surface area contributed by atoms with Crippen LogP contribution < -0.4 is 5.73 Å². The molecule has 0 aromatic heterocycles. The van der Waals surface area contributed by atoms with Gasteiger partial charge < -0.3 is 10.5 Å². The Bertz CT molecular complexity index is 617. The number of rotatable bonds is 4. The quantitative estimate of drug-likeness (QED) is 0.878. The Balaban J connectivity index is 2.16. The molecule has 0 aliphatic heterocycles. The third-order valence-corrected chi connectivity index (χ3v) is 3.53. The van der Waals surface area contributed by atoms with Gasteiger partial charge in [-0.3, -0.25) is 0 Å². The molecule has 21 heavy (non-hydrogen) atoms. The minimum Gasteiger partial charge on any atom is -0.453 e. The molecule has 0 radical (unpaired) electrons. The smallest absolute Gasteiger partial charge is 0.365 e. The molecular weight excluding hydrogens is 262 g/mol. The van der Waals surface area contributed by atoms with Crippen molar-refractivity contribution in [3.8, 4) is 11.1 Å². The number of carbonyl (C=O) groups is 1. The molecule has 0 heterocycles. The lowest BCUT2D eigenvalue weighted by Crippen LogP contribution is -2.63. The van der Waals surface area contributed by atoms with Gasteiger partial charge >= 0.3 is 5.97 Å². The van der Waals surface area contributed by atoms with Gasteiger partial charge in [0, 0.05) is 0 Å². The number of hydrogen-bond donors (Lipinski definition) is 1.